The van der Waals surface area contributed by atoms with Crippen molar-refractivity contribution < 1.29 is 23.1 Å². The van der Waals surface area contributed by atoms with E-state index >= 15 is 0 Å². The fourth-order valence-corrected chi connectivity index (χ4v) is 1.46. The maximum atomic E-state index is 12.7. The molecule has 0 aliphatic heterocycles. The number of carbonyl (C=O) groups excluding carboxylic acids is 1. The van der Waals surface area contributed by atoms with Gasteiger partial charge in [-0.1, -0.05) is 0 Å². The van der Waals surface area contributed by atoms with Crippen molar-refractivity contribution in [1.82, 2.24) is 4.90 Å². The average molecular weight is 276 g/mol. The Kier molecular flexibility index (Phi) is 4.41. The third-order valence-corrected chi connectivity index (χ3v) is 2.85. The van der Waals surface area contributed by atoms with Gasteiger partial charge in [-0.2, -0.15) is 13.2 Å². The molecule has 0 fully saturated rings. The van der Waals surface area contributed by atoms with E-state index in [1.54, 1.807) is 6.92 Å². The van der Waals surface area contributed by atoms with Crippen LogP contribution in [0.3, 0.4) is 0 Å². The number of anilines is 1. The second-order valence-electron chi connectivity index (χ2n) is 4.25. The molecule has 1 rings (SSSR count). The fraction of sp³-hybridized carbons (Fsp3) is 0.417. The van der Waals surface area contributed by atoms with Crippen LogP contribution in [0.5, 0.6) is 0 Å². The molecule has 7 heteroatoms. The van der Waals surface area contributed by atoms with Crippen LogP contribution in [0.4, 0.5) is 18.9 Å². The predicted molar refractivity (Wildman–Crippen MR) is 64.5 cm³/mol. The maximum Gasteiger partial charge on any atom is 0.418 e. The summed E-state index contributed by atoms with van der Waals surface area (Å²) in [6.07, 6.45) is -4.61. The van der Waals surface area contributed by atoms with E-state index in [9.17, 15) is 18.0 Å². The summed E-state index contributed by atoms with van der Waals surface area (Å²) >= 11 is 0. The summed E-state index contributed by atoms with van der Waals surface area (Å²) in [5.74, 6) is -0.605. The van der Waals surface area contributed by atoms with Gasteiger partial charge in [0.2, 0.25) is 0 Å². The van der Waals surface area contributed by atoms with Crippen molar-refractivity contribution in [3.8, 4) is 0 Å². The van der Waals surface area contributed by atoms with Crippen molar-refractivity contribution in [3.63, 3.8) is 0 Å². The molecule has 0 heterocycles. The van der Waals surface area contributed by atoms with Crippen molar-refractivity contribution in [1.29, 1.82) is 0 Å². The molecule has 1 aromatic carbocycles. The Morgan fingerprint density at radius 1 is 1.47 bits per heavy atom. The van der Waals surface area contributed by atoms with E-state index in [4.69, 9.17) is 10.8 Å². The minimum absolute atomic E-state index is 0.121. The first-order valence-electron chi connectivity index (χ1n) is 5.53. The summed E-state index contributed by atoms with van der Waals surface area (Å²) in [5, 5.41) is 8.94. The van der Waals surface area contributed by atoms with Gasteiger partial charge in [0.1, 0.15) is 0 Å². The molecule has 4 nitrogen and oxygen atoms in total. The Labute approximate surface area is 108 Å². The van der Waals surface area contributed by atoms with Crippen LogP contribution in [0.15, 0.2) is 18.2 Å². The van der Waals surface area contributed by atoms with Crippen molar-refractivity contribution in [2.45, 2.75) is 19.1 Å². The molecular formula is C12H15F3N2O2. The highest BCUT2D eigenvalue weighted by molar-refractivity contribution is 5.95. The quantitative estimate of drug-likeness (QED) is 0.826. The Bertz CT molecular complexity index is 475. The highest BCUT2D eigenvalue weighted by Gasteiger charge is 2.34. The van der Waals surface area contributed by atoms with E-state index in [-0.39, 0.29) is 12.2 Å². The highest BCUT2D eigenvalue weighted by atomic mass is 19.4. The third-order valence-electron chi connectivity index (χ3n) is 2.85. The lowest BCUT2D eigenvalue weighted by atomic mass is 10.1. The normalized spacial score (nSPS) is 13.2. The van der Waals surface area contributed by atoms with Gasteiger partial charge in [-0.05, 0) is 25.1 Å². The van der Waals surface area contributed by atoms with Crippen LogP contribution >= 0.6 is 0 Å². The molecule has 1 unspecified atom stereocenters. The number of hydrogen-bond donors (Lipinski definition) is 2. The van der Waals surface area contributed by atoms with Gasteiger partial charge in [-0.15, -0.1) is 0 Å². The maximum absolute atomic E-state index is 12.7. The van der Waals surface area contributed by atoms with Crippen LogP contribution < -0.4 is 5.73 Å². The van der Waals surface area contributed by atoms with Gasteiger partial charge in [0.25, 0.3) is 5.91 Å². The van der Waals surface area contributed by atoms with E-state index in [1.165, 1.54) is 18.0 Å². The highest BCUT2D eigenvalue weighted by Crippen LogP contribution is 2.34. The number of hydrogen-bond acceptors (Lipinski definition) is 3. The van der Waals surface area contributed by atoms with Crippen molar-refractivity contribution in [2.24, 2.45) is 0 Å². The topological polar surface area (TPSA) is 66.6 Å². The van der Waals surface area contributed by atoms with E-state index < -0.39 is 29.4 Å². The third kappa shape index (κ3) is 3.37. The number of nitrogens with zero attached hydrogens (tertiary/aromatic N) is 1. The van der Waals surface area contributed by atoms with Gasteiger partial charge in [-0.3, -0.25) is 4.79 Å². The molecule has 1 atom stereocenters. The second-order valence-corrected chi connectivity index (χ2v) is 4.25. The van der Waals surface area contributed by atoms with Gasteiger partial charge < -0.3 is 15.7 Å². The number of carbonyl (C=O) groups is 1. The number of rotatable bonds is 3. The lowest BCUT2D eigenvalue weighted by molar-refractivity contribution is -0.136. The van der Waals surface area contributed by atoms with Crippen LogP contribution in [-0.4, -0.2) is 35.6 Å². The molecule has 3 N–H and O–H groups in total. The number of aliphatic hydroxyl groups excluding tert-OH is 1. The number of amides is 1. The van der Waals surface area contributed by atoms with Gasteiger partial charge in [0, 0.05) is 18.3 Å². The minimum atomic E-state index is -4.61. The molecule has 0 aliphatic rings. The molecule has 1 aromatic rings. The zero-order valence-electron chi connectivity index (χ0n) is 10.5. The lowest BCUT2D eigenvalue weighted by Crippen LogP contribution is -2.37. The Morgan fingerprint density at radius 3 is 2.53 bits per heavy atom. The smallest absolute Gasteiger partial charge is 0.398 e. The zero-order chi connectivity index (χ0) is 14.8. The molecule has 0 saturated carbocycles. The molecule has 0 saturated heterocycles. The average Bonchev–Trinajstić information content (AvgIpc) is 2.35. The Balaban J connectivity index is 3.13. The molecule has 0 aromatic heterocycles. The Hall–Kier alpha value is -1.76. The van der Waals surface area contributed by atoms with E-state index in [0.717, 1.165) is 12.1 Å². The van der Waals surface area contributed by atoms with Crippen LogP contribution in [0, 0.1) is 0 Å². The summed E-state index contributed by atoms with van der Waals surface area (Å²) in [4.78, 5) is 13.1. The number of alkyl halides is 3. The first kappa shape index (κ1) is 15.3. The molecule has 106 valence electrons. The van der Waals surface area contributed by atoms with E-state index in [0.29, 0.717) is 0 Å². The Morgan fingerprint density at radius 2 is 2.05 bits per heavy atom. The number of halogens is 3. The van der Waals surface area contributed by atoms with E-state index in [1.807, 2.05) is 0 Å². The SMILES string of the molecule is CC(CO)N(C)C(=O)c1ccc(N)c(C(F)(F)F)c1. The number of likely N-dealkylation sites (N-methyl/N-ethyl adjacent to an activating group) is 1. The van der Waals surface area contributed by atoms with Crippen LogP contribution in [0.1, 0.15) is 22.8 Å². The summed E-state index contributed by atoms with van der Waals surface area (Å²) in [5.41, 5.74) is 3.66. The first-order valence-corrected chi connectivity index (χ1v) is 5.53. The van der Waals surface area contributed by atoms with Crippen LogP contribution in [-0.2, 0) is 6.18 Å². The molecule has 19 heavy (non-hydrogen) atoms. The molecule has 0 bridgehead atoms. The summed E-state index contributed by atoms with van der Waals surface area (Å²) in [7, 11) is 1.41. The van der Waals surface area contributed by atoms with Crippen molar-refractivity contribution in [2.75, 3.05) is 19.4 Å². The van der Waals surface area contributed by atoms with Crippen LogP contribution in [0.25, 0.3) is 0 Å². The summed E-state index contributed by atoms with van der Waals surface area (Å²) < 4.78 is 38.0. The lowest BCUT2D eigenvalue weighted by Gasteiger charge is -2.23. The van der Waals surface area contributed by atoms with E-state index in [2.05, 4.69) is 0 Å². The van der Waals surface area contributed by atoms with Crippen LogP contribution in [0.2, 0.25) is 0 Å². The zero-order valence-corrected chi connectivity index (χ0v) is 10.5. The number of benzene rings is 1. The summed E-state index contributed by atoms with van der Waals surface area (Å²) in [6, 6.07) is 2.51. The standard InChI is InChI=1S/C12H15F3N2O2/c1-7(6-18)17(2)11(19)8-3-4-10(16)9(5-8)12(13,14)15/h3-5,7,18H,6,16H2,1-2H3. The van der Waals surface area contributed by atoms with Gasteiger partial charge >= 0.3 is 6.18 Å². The molecule has 0 spiro atoms. The number of nitrogens with two attached hydrogens (primary N) is 1. The molecule has 0 aliphatic carbocycles. The summed E-state index contributed by atoms with van der Waals surface area (Å²) in [6.45, 7) is 1.31. The second kappa shape index (κ2) is 5.48. The van der Waals surface area contributed by atoms with Gasteiger partial charge in [0.05, 0.1) is 18.2 Å². The largest absolute Gasteiger partial charge is 0.418 e. The fourth-order valence-electron chi connectivity index (χ4n) is 1.46. The predicted octanol–water partition coefficient (Wildman–Crippen LogP) is 1.74. The van der Waals surface area contributed by atoms with Gasteiger partial charge in [-0.25, -0.2) is 0 Å². The number of aliphatic hydroxyl groups is 1. The molecular weight excluding hydrogens is 261 g/mol. The van der Waals surface area contributed by atoms with Gasteiger partial charge in [0.15, 0.2) is 0 Å². The van der Waals surface area contributed by atoms with Crippen molar-refractivity contribution >= 4 is 11.6 Å². The number of nitrogen functional groups attached to an aromatic ring is 1. The first-order chi connectivity index (χ1) is 8.68. The molecule has 0 radical (unpaired) electrons. The monoisotopic (exact) mass is 276 g/mol. The van der Waals surface area contributed by atoms with Crippen molar-refractivity contribution in [3.05, 3.63) is 29.3 Å². The molecule has 1 amide bonds. The minimum Gasteiger partial charge on any atom is -0.398 e.